The highest BCUT2D eigenvalue weighted by Gasteiger charge is 2.28. The Morgan fingerprint density at radius 2 is 2.50 bits per heavy atom. The molecule has 2 atom stereocenters. The number of thiophene rings is 1. The second-order valence-corrected chi connectivity index (χ2v) is 5.58. The molecule has 0 saturated carbocycles. The van der Waals surface area contributed by atoms with Crippen molar-refractivity contribution >= 4 is 38.9 Å². The van der Waals surface area contributed by atoms with Crippen LogP contribution in [0.4, 0.5) is 0 Å². The van der Waals surface area contributed by atoms with Crippen LogP contribution < -0.4 is 0 Å². The van der Waals surface area contributed by atoms with Crippen LogP contribution in [0, 0.1) is 6.92 Å². The van der Waals surface area contributed by atoms with Gasteiger partial charge in [-0.3, -0.25) is 0 Å². The highest BCUT2D eigenvalue weighted by Crippen LogP contribution is 2.36. The van der Waals surface area contributed by atoms with E-state index in [0.29, 0.717) is 12.5 Å². The Balaban J connectivity index is 2.09. The van der Waals surface area contributed by atoms with Gasteiger partial charge in [0.15, 0.2) is 6.29 Å². The third-order valence-corrected chi connectivity index (χ3v) is 4.53. The standard InChI is InChI=1S/C9H10BrClO2S/c1-5-7(10)2-8(14-5)9-12-4-6(3-11)13-9/h2,6,9H,3-4H2,1H3. The van der Waals surface area contributed by atoms with Crippen LogP contribution in [0.2, 0.25) is 0 Å². The lowest BCUT2D eigenvalue weighted by molar-refractivity contribution is -0.0540. The smallest absolute Gasteiger partial charge is 0.193 e. The Hall–Kier alpha value is 0.390. The molecule has 78 valence electrons. The molecule has 2 nitrogen and oxygen atoms in total. The lowest BCUT2D eigenvalue weighted by Gasteiger charge is -2.06. The van der Waals surface area contributed by atoms with Gasteiger partial charge in [0.1, 0.15) is 0 Å². The SMILES string of the molecule is Cc1sc(C2OCC(CCl)O2)cc1Br. The first-order valence-corrected chi connectivity index (χ1v) is 6.44. The van der Waals surface area contributed by atoms with E-state index in [1.165, 1.54) is 4.88 Å². The molecule has 5 heteroatoms. The minimum absolute atomic E-state index is 0.0304. The van der Waals surface area contributed by atoms with E-state index in [4.69, 9.17) is 21.1 Å². The maximum absolute atomic E-state index is 5.69. The quantitative estimate of drug-likeness (QED) is 0.778. The maximum atomic E-state index is 5.69. The average Bonchev–Trinajstić information content (AvgIpc) is 2.74. The molecule has 2 unspecified atom stereocenters. The van der Waals surface area contributed by atoms with Gasteiger partial charge in [0.2, 0.25) is 0 Å². The van der Waals surface area contributed by atoms with E-state index in [9.17, 15) is 0 Å². The molecule has 2 heterocycles. The molecule has 0 aromatic carbocycles. The zero-order chi connectivity index (χ0) is 10.1. The fourth-order valence-electron chi connectivity index (χ4n) is 1.28. The molecule has 1 aromatic rings. The summed E-state index contributed by atoms with van der Waals surface area (Å²) in [6.45, 7) is 2.65. The minimum atomic E-state index is -0.228. The van der Waals surface area contributed by atoms with Crippen LogP contribution >= 0.6 is 38.9 Å². The van der Waals surface area contributed by atoms with E-state index in [0.717, 1.165) is 9.35 Å². The van der Waals surface area contributed by atoms with E-state index in [1.54, 1.807) is 11.3 Å². The summed E-state index contributed by atoms with van der Waals surface area (Å²) in [5, 5.41) is 0. The van der Waals surface area contributed by atoms with Crippen molar-refractivity contribution in [1.82, 2.24) is 0 Å². The molecule has 1 aromatic heterocycles. The first kappa shape index (κ1) is 10.9. The minimum Gasteiger partial charge on any atom is -0.345 e. The Morgan fingerprint density at radius 1 is 1.71 bits per heavy atom. The first-order valence-electron chi connectivity index (χ1n) is 4.29. The molecule has 2 rings (SSSR count). The molecular weight excluding hydrogens is 288 g/mol. The summed E-state index contributed by atoms with van der Waals surface area (Å²) in [6, 6.07) is 2.04. The second-order valence-electron chi connectivity index (χ2n) is 3.13. The Bertz CT molecular complexity index is 309. The zero-order valence-electron chi connectivity index (χ0n) is 7.63. The highest BCUT2D eigenvalue weighted by molar-refractivity contribution is 9.10. The van der Waals surface area contributed by atoms with Crippen molar-refractivity contribution in [2.45, 2.75) is 19.3 Å². The summed E-state index contributed by atoms with van der Waals surface area (Å²) in [4.78, 5) is 2.34. The molecule has 1 aliphatic rings. The van der Waals surface area contributed by atoms with Gasteiger partial charge >= 0.3 is 0 Å². The van der Waals surface area contributed by atoms with Gasteiger partial charge in [-0.05, 0) is 28.9 Å². The largest absolute Gasteiger partial charge is 0.345 e. The van der Waals surface area contributed by atoms with Crippen LogP contribution in [0.3, 0.4) is 0 Å². The van der Waals surface area contributed by atoms with Crippen molar-refractivity contribution in [2.24, 2.45) is 0 Å². The number of hydrogen-bond donors (Lipinski definition) is 0. The Morgan fingerprint density at radius 3 is 3.00 bits per heavy atom. The van der Waals surface area contributed by atoms with Crippen LogP contribution in [-0.2, 0) is 9.47 Å². The topological polar surface area (TPSA) is 18.5 Å². The van der Waals surface area contributed by atoms with Gasteiger partial charge in [-0.25, -0.2) is 0 Å². The molecule has 0 amide bonds. The Labute approximate surface area is 100 Å². The molecular formula is C9H10BrClO2S. The molecule has 0 spiro atoms. The van der Waals surface area contributed by atoms with Crippen molar-refractivity contribution in [3.63, 3.8) is 0 Å². The molecule has 0 radical (unpaired) electrons. The number of ether oxygens (including phenoxy) is 2. The number of aryl methyl sites for hydroxylation is 1. The third kappa shape index (κ3) is 2.14. The predicted molar refractivity (Wildman–Crippen MR) is 61.0 cm³/mol. The molecule has 0 bridgehead atoms. The monoisotopic (exact) mass is 296 g/mol. The van der Waals surface area contributed by atoms with Gasteiger partial charge < -0.3 is 9.47 Å². The maximum Gasteiger partial charge on any atom is 0.193 e. The summed E-state index contributed by atoms with van der Waals surface area (Å²) in [5.74, 6) is 0.488. The van der Waals surface area contributed by atoms with Gasteiger partial charge in [0.25, 0.3) is 0 Å². The zero-order valence-corrected chi connectivity index (χ0v) is 10.8. The average molecular weight is 298 g/mol. The van der Waals surface area contributed by atoms with E-state index < -0.39 is 0 Å². The van der Waals surface area contributed by atoms with Gasteiger partial charge in [-0.1, -0.05) is 0 Å². The number of hydrogen-bond acceptors (Lipinski definition) is 3. The van der Waals surface area contributed by atoms with Crippen LogP contribution in [-0.4, -0.2) is 18.6 Å². The van der Waals surface area contributed by atoms with Crippen molar-refractivity contribution in [3.8, 4) is 0 Å². The third-order valence-electron chi connectivity index (χ3n) is 2.03. The van der Waals surface area contributed by atoms with Gasteiger partial charge in [-0.2, -0.15) is 0 Å². The molecule has 0 N–H and O–H groups in total. The highest BCUT2D eigenvalue weighted by atomic mass is 79.9. The van der Waals surface area contributed by atoms with E-state index in [2.05, 4.69) is 22.9 Å². The molecule has 1 saturated heterocycles. The second kappa shape index (κ2) is 4.49. The van der Waals surface area contributed by atoms with Crippen LogP contribution in [0.25, 0.3) is 0 Å². The molecule has 0 aliphatic carbocycles. The van der Waals surface area contributed by atoms with E-state index in [1.807, 2.05) is 6.07 Å². The summed E-state index contributed by atoms with van der Waals surface area (Å²) >= 11 is 10.8. The van der Waals surface area contributed by atoms with Gasteiger partial charge in [0, 0.05) is 9.35 Å². The summed E-state index contributed by atoms with van der Waals surface area (Å²) < 4.78 is 12.2. The number of rotatable bonds is 2. The lowest BCUT2D eigenvalue weighted by atomic mass is 10.4. The van der Waals surface area contributed by atoms with Crippen LogP contribution in [0.1, 0.15) is 16.0 Å². The number of halogens is 2. The van der Waals surface area contributed by atoms with Gasteiger partial charge in [0.05, 0.1) is 23.5 Å². The normalized spacial score (nSPS) is 27.1. The molecule has 1 fully saturated rings. The summed E-state index contributed by atoms with van der Waals surface area (Å²) in [6.07, 6.45) is -0.198. The fraction of sp³-hybridized carbons (Fsp3) is 0.556. The predicted octanol–water partition coefficient (Wildman–Crippen LogP) is 3.47. The molecule has 1 aliphatic heterocycles. The van der Waals surface area contributed by atoms with Crippen LogP contribution in [0.15, 0.2) is 10.5 Å². The number of alkyl halides is 1. The fourth-order valence-corrected chi connectivity index (χ4v) is 2.99. The Kier molecular flexibility index (Phi) is 3.50. The lowest BCUT2D eigenvalue weighted by Crippen LogP contribution is -2.10. The summed E-state index contributed by atoms with van der Waals surface area (Å²) in [5.41, 5.74) is 0. The van der Waals surface area contributed by atoms with E-state index in [-0.39, 0.29) is 12.4 Å². The van der Waals surface area contributed by atoms with Crippen molar-refractivity contribution in [2.75, 3.05) is 12.5 Å². The molecule has 14 heavy (non-hydrogen) atoms. The van der Waals surface area contributed by atoms with Gasteiger partial charge in [-0.15, -0.1) is 22.9 Å². The van der Waals surface area contributed by atoms with Crippen molar-refractivity contribution in [3.05, 3.63) is 20.3 Å². The van der Waals surface area contributed by atoms with Crippen molar-refractivity contribution < 1.29 is 9.47 Å². The summed E-state index contributed by atoms with van der Waals surface area (Å²) in [7, 11) is 0. The van der Waals surface area contributed by atoms with Crippen LogP contribution in [0.5, 0.6) is 0 Å². The first-order chi connectivity index (χ1) is 6.70. The van der Waals surface area contributed by atoms with E-state index >= 15 is 0 Å². The van der Waals surface area contributed by atoms with Crippen molar-refractivity contribution in [1.29, 1.82) is 0 Å².